The van der Waals surface area contributed by atoms with Crippen LogP contribution in [0.2, 0.25) is 0 Å². The molecule has 0 aromatic heterocycles. The van der Waals surface area contributed by atoms with Gasteiger partial charge in [0.1, 0.15) is 6.17 Å². The quantitative estimate of drug-likeness (QED) is 0.0738. The lowest BCUT2D eigenvalue weighted by Gasteiger charge is -2.22. The van der Waals surface area contributed by atoms with Crippen molar-refractivity contribution < 1.29 is 0 Å². The van der Waals surface area contributed by atoms with Crippen molar-refractivity contribution in [2.45, 2.75) is 36.1 Å². The maximum Gasteiger partial charge on any atom is 0.101 e. The zero-order chi connectivity index (χ0) is 28.0. The monoisotopic (exact) mass is 553 g/mol. The van der Waals surface area contributed by atoms with Crippen LogP contribution in [0.4, 0.5) is 5.69 Å². The largest absolute Gasteiger partial charge is 0.397 e. The number of fused-ring (bicyclic) bond motifs is 3. The number of nitrogens with two attached hydrogens (primary N) is 2. The number of hydrogen-bond acceptors (Lipinski definition) is 4. The van der Waals surface area contributed by atoms with Crippen LogP contribution in [0.3, 0.4) is 0 Å². The summed E-state index contributed by atoms with van der Waals surface area (Å²) in [7, 11) is 0. The molecule has 0 saturated carbocycles. The third kappa shape index (κ3) is 6.25. The molecular weight excluding hydrogens is 518 g/mol. The van der Waals surface area contributed by atoms with Gasteiger partial charge in [0, 0.05) is 21.7 Å². The van der Waals surface area contributed by atoms with Crippen molar-refractivity contribution in [3.8, 4) is 0 Å². The van der Waals surface area contributed by atoms with Gasteiger partial charge in [0.05, 0.1) is 5.69 Å². The van der Waals surface area contributed by atoms with Gasteiger partial charge in [-0.2, -0.15) is 0 Å². The molecule has 0 radical (unpaired) electrons. The number of thioether (sulfide) groups is 1. The zero-order valence-corrected chi connectivity index (χ0v) is 23.9. The van der Waals surface area contributed by atoms with Crippen LogP contribution in [0.25, 0.3) is 21.5 Å². The average Bonchev–Trinajstić information content (AvgIpc) is 3.03. The van der Waals surface area contributed by atoms with Gasteiger partial charge in [-0.05, 0) is 69.8 Å². The lowest BCUT2D eigenvalue weighted by atomic mass is 9.97. The van der Waals surface area contributed by atoms with Gasteiger partial charge < -0.3 is 16.8 Å². The van der Waals surface area contributed by atoms with E-state index in [9.17, 15) is 0 Å². The number of rotatable bonds is 9. The summed E-state index contributed by atoms with van der Waals surface area (Å²) in [5.74, 6) is 0.879. The molecule has 41 heavy (non-hydrogen) atoms. The van der Waals surface area contributed by atoms with Crippen LogP contribution in [0.15, 0.2) is 144 Å². The van der Waals surface area contributed by atoms with Crippen molar-refractivity contribution in [1.29, 1.82) is 0 Å². The van der Waals surface area contributed by atoms with Crippen molar-refractivity contribution >= 4 is 39.0 Å². The Hall–Kier alpha value is -4.25. The Kier molecular flexibility index (Phi) is 8.22. The fraction of sp³-hybridized carbons (Fsp3) is 0.135. The summed E-state index contributed by atoms with van der Waals surface area (Å²) in [4.78, 5) is 1.10. The first-order valence-corrected chi connectivity index (χ1v) is 15.2. The minimum Gasteiger partial charge on any atom is -0.397 e. The highest BCUT2D eigenvalue weighted by Gasteiger charge is 2.15. The van der Waals surface area contributed by atoms with Gasteiger partial charge in [-0.3, -0.25) is 0 Å². The summed E-state index contributed by atoms with van der Waals surface area (Å²) >= 11 is 1.78. The fourth-order valence-electron chi connectivity index (χ4n) is 5.42. The van der Waals surface area contributed by atoms with E-state index in [1.165, 1.54) is 16.7 Å². The van der Waals surface area contributed by atoms with Crippen LogP contribution in [0.1, 0.15) is 35.7 Å². The third-order valence-corrected chi connectivity index (χ3v) is 8.82. The molecule has 1 aliphatic carbocycles. The second kappa shape index (κ2) is 12.5. The topological polar surface area (TPSA) is 64.1 Å². The van der Waals surface area contributed by atoms with Crippen molar-refractivity contribution in [2.24, 2.45) is 5.73 Å². The second-order valence-electron chi connectivity index (χ2n) is 10.5. The van der Waals surface area contributed by atoms with Gasteiger partial charge in [-0.25, -0.2) is 0 Å². The van der Waals surface area contributed by atoms with E-state index in [2.05, 4.69) is 127 Å². The van der Waals surface area contributed by atoms with Gasteiger partial charge in [-0.1, -0.05) is 115 Å². The normalized spacial score (nSPS) is 14.3. The Bertz CT molecular complexity index is 1750. The summed E-state index contributed by atoms with van der Waals surface area (Å²) in [6.45, 7) is 0. The van der Waals surface area contributed by atoms with E-state index in [4.69, 9.17) is 11.5 Å². The number of anilines is 1. The van der Waals surface area contributed by atoms with Gasteiger partial charge in [-0.15, -0.1) is 11.8 Å². The molecule has 0 fully saturated rings. The molecule has 4 heteroatoms. The average molecular weight is 554 g/mol. The molecule has 5 N–H and O–H groups in total. The molecule has 0 bridgehead atoms. The van der Waals surface area contributed by atoms with Gasteiger partial charge in [0.2, 0.25) is 0 Å². The minimum atomic E-state index is -0.361. The molecular formula is C37H35N3S. The third-order valence-electron chi connectivity index (χ3n) is 7.68. The van der Waals surface area contributed by atoms with Crippen LogP contribution < -0.4 is 16.8 Å². The Balaban J connectivity index is 1.31. The predicted octanol–water partition coefficient (Wildman–Crippen LogP) is 8.82. The first-order valence-electron chi connectivity index (χ1n) is 14.2. The molecule has 5 aromatic rings. The Morgan fingerprint density at radius 2 is 1.56 bits per heavy atom. The number of benzene rings is 5. The Morgan fingerprint density at radius 3 is 2.32 bits per heavy atom. The maximum atomic E-state index is 6.86. The van der Waals surface area contributed by atoms with Crippen molar-refractivity contribution in [2.75, 3.05) is 5.73 Å². The van der Waals surface area contributed by atoms with E-state index in [0.29, 0.717) is 0 Å². The smallest absolute Gasteiger partial charge is 0.101 e. The van der Waals surface area contributed by atoms with E-state index >= 15 is 0 Å². The van der Waals surface area contributed by atoms with Crippen LogP contribution in [0.5, 0.6) is 0 Å². The van der Waals surface area contributed by atoms with Gasteiger partial charge in [0.15, 0.2) is 0 Å². The van der Waals surface area contributed by atoms with E-state index < -0.39 is 0 Å². The van der Waals surface area contributed by atoms with E-state index in [0.717, 1.165) is 68.4 Å². The minimum absolute atomic E-state index is 0.361. The molecule has 1 unspecified atom stereocenters. The first-order chi connectivity index (χ1) is 20.2. The molecule has 3 nitrogen and oxygen atoms in total. The van der Waals surface area contributed by atoms with Crippen molar-refractivity contribution in [3.63, 3.8) is 0 Å². The zero-order valence-electron chi connectivity index (χ0n) is 23.1. The number of nitrogen functional groups attached to an aromatic ring is 1. The highest BCUT2D eigenvalue weighted by Crippen LogP contribution is 2.38. The van der Waals surface area contributed by atoms with Gasteiger partial charge in [0.25, 0.3) is 0 Å². The Labute approximate surface area is 246 Å². The van der Waals surface area contributed by atoms with Crippen molar-refractivity contribution in [1.82, 2.24) is 5.32 Å². The molecule has 0 amide bonds. The molecule has 5 aromatic carbocycles. The lowest BCUT2D eigenvalue weighted by molar-refractivity contribution is 0.622. The predicted molar refractivity (Wildman–Crippen MR) is 177 cm³/mol. The lowest BCUT2D eigenvalue weighted by Crippen LogP contribution is -2.29. The number of allylic oxidation sites excluding steroid dienone is 5. The number of hydrogen-bond donors (Lipinski definition) is 3. The molecule has 0 aliphatic heterocycles. The summed E-state index contributed by atoms with van der Waals surface area (Å²) in [6.07, 6.45) is 11.3. The maximum absolute atomic E-state index is 6.86. The highest BCUT2D eigenvalue weighted by atomic mass is 32.2. The Morgan fingerprint density at radius 1 is 0.854 bits per heavy atom. The number of nitrogens with one attached hydrogen (secondary N) is 1. The van der Waals surface area contributed by atoms with Crippen LogP contribution in [0, 0.1) is 0 Å². The first kappa shape index (κ1) is 26.9. The molecule has 6 rings (SSSR count). The van der Waals surface area contributed by atoms with Gasteiger partial charge >= 0.3 is 0 Å². The second-order valence-corrected chi connectivity index (χ2v) is 11.5. The van der Waals surface area contributed by atoms with Crippen LogP contribution in [-0.4, -0.2) is 0 Å². The molecule has 0 heterocycles. The van der Waals surface area contributed by atoms with Crippen LogP contribution in [-0.2, 0) is 12.2 Å². The SMILES string of the molecule is Nc1c(SCc2ccccc2)ccc2ccc3ccc(C(N)N/C(=C\Cc4ccccc4)C4=CC=CCC4)cc3c12. The van der Waals surface area contributed by atoms with Crippen molar-refractivity contribution in [3.05, 3.63) is 155 Å². The molecule has 1 aliphatic rings. The fourth-order valence-corrected chi connectivity index (χ4v) is 6.36. The molecule has 1 atom stereocenters. The molecule has 0 spiro atoms. The standard InChI is InChI=1S/C37H35N3S/c38-36-34(41-25-27-12-6-2-7-13-27)23-21-30-19-17-28-18-20-31(24-32(28)35(30)36)37(39)40-33(29-14-8-3-9-15-29)22-16-26-10-4-1-5-11-26/h1-8,10-14,17-24,37,40H,9,15-16,25,38-39H2/b33-22-. The summed E-state index contributed by atoms with van der Waals surface area (Å²) in [5, 5.41) is 8.17. The van der Waals surface area contributed by atoms with E-state index in [-0.39, 0.29) is 6.17 Å². The van der Waals surface area contributed by atoms with Crippen LogP contribution >= 0.6 is 11.8 Å². The van der Waals surface area contributed by atoms with E-state index in [1.807, 2.05) is 6.07 Å². The molecule has 204 valence electrons. The highest BCUT2D eigenvalue weighted by molar-refractivity contribution is 7.98. The summed E-state index contributed by atoms with van der Waals surface area (Å²) in [6, 6.07) is 36.2. The molecule has 0 saturated heterocycles. The summed E-state index contributed by atoms with van der Waals surface area (Å²) < 4.78 is 0. The van der Waals surface area contributed by atoms with E-state index in [1.54, 1.807) is 11.8 Å². The summed E-state index contributed by atoms with van der Waals surface area (Å²) in [5.41, 5.74) is 20.5.